The van der Waals surface area contributed by atoms with E-state index >= 15 is 0 Å². The number of carbonyl (C=O) groups is 2. The average molecular weight is 362 g/mol. The minimum Gasteiger partial charge on any atom is -0.457 e. The van der Waals surface area contributed by atoms with Gasteiger partial charge in [-0.15, -0.1) is 0 Å². The fraction of sp³-hybridized carbons (Fsp3) is 0.182. The first kappa shape index (κ1) is 18.5. The number of anilines is 1. The summed E-state index contributed by atoms with van der Waals surface area (Å²) < 4.78 is 5.81. The second kappa shape index (κ2) is 7.50. The molecule has 2 aromatic carbocycles. The molecule has 3 rings (SSSR count). The highest BCUT2D eigenvalue weighted by Gasteiger charge is 2.19. The Bertz CT molecular complexity index is 1000. The molecule has 0 saturated carbocycles. The summed E-state index contributed by atoms with van der Waals surface area (Å²) in [5.41, 5.74) is 4.11. The first-order valence-corrected chi connectivity index (χ1v) is 8.71. The van der Waals surface area contributed by atoms with Crippen LogP contribution in [-0.4, -0.2) is 16.7 Å². The third kappa shape index (κ3) is 4.08. The number of carbonyl (C=O) groups excluding carboxylic acids is 2. The van der Waals surface area contributed by atoms with E-state index in [-0.39, 0.29) is 11.7 Å². The van der Waals surface area contributed by atoms with Gasteiger partial charge < -0.3 is 15.0 Å². The SMILES string of the molecule is CC(=O)c1c(C)[nH]c(C(=O)Nc2ccc(Oc3cccc(C)c3)cc2)c1C. The van der Waals surface area contributed by atoms with E-state index in [2.05, 4.69) is 10.3 Å². The van der Waals surface area contributed by atoms with Crippen molar-refractivity contribution in [3.05, 3.63) is 76.6 Å². The molecule has 0 radical (unpaired) electrons. The Morgan fingerprint density at radius 3 is 2.26 bits per heavy atom. The third-order valence-electron chi connectivity index (χ3n) is 4.35. The monoisotopic (exact) mass is 362 g/mol. The van der Waals surface area contributed by atoms with Gasteiger partial charge in [0, 0.05) is 16.9 Å². The maximum absolute atomic E-state index is 12.6. The van der Waals surface area contributed by atoms with Crippen LogP contribution in [0.25, 0.3) is 0 Å². The second-order valence-electron chi connectivity index (χ2n) is 6.58. The Labute approximate surface area is 158 Å². The number of aromatic nitrogens is 1. The first-order valence-electron chi connectivity index (χ1n) is 8.71. The van der Waals surface area contributed by atoms with Crippen LogP contribution in [0.4, 0.5) is 5.69 Å². The van der Waals surface area contributed by atoms with E-state index in [1.54, 1.807) is 38.1 Å². The van der Waals surface area contributed by atoms with Crippen molar-refractivity contribution in [1.29, 1.82) is 0 Å². The second-order valence-corrected chi connectivity index (χ2v) is 6.58. The van der Waals surface area contributed by atoms with Crippen LogP contribution >= 0.6 is 0 Å². The molecule has 5 nitrogen and oxygen atoms in total. The van der Waals surface area contributed by atoms with Gasteiger partial charge in [-0.2, -0.15) is 0 Å². The molecule has 0 aliphatic carbocycles. The van der Waals surface area contributed by atoms with Gasteiger partial charge in [-0.3, -0.25) is 9.59 Å². The summed E-state index contributed by atoms with van der Waals surface area (Å²) in [5.74, 6) is 1.11. The zero-order valence-corrected chi connectivity index (χ0v) is 15.8. The van der Waals surface area contributed by atoms with Crippen molar-refractivity contribution in [2.24, 2.45) is 0 Å². The van der Waals surface area contributed by atoms with E-state index in [0.29, 0.717) is 34.0 Å². The molecule has 1 heterocycles. The van der Waals surface area contributed by atoms with Crippen LogP contribution in [0.5, 0.6) is 11.5 Å². The first-order chi connectivity index (χ1) is 12.8. The largest absolute Gasteiger partial charge is 0.457 e. The van der Waals surface area contributed by atoms with Crippen LogP contribution in [0, 0.1) is 20.8 Å². The number of hydrogen-bond acceptors (Lipinski definition) is 3. The molecule has 1 amide bonds. The van der Waals surface area contributed by atoms with Gasteiger partial charge in [-0.05, 0) is 75.2 Å². The number of H-pyrrole nitrogens is 1. The van der Waals surface area contributed by atoms with Gasteiger partial charge >= 0.3 is 0 Å². The van der Waals surface area contributed by atoms with Crippen molar-refractivity contribution < 1.29 is 14.3 Å². The molecule has 0 bridgehead atoms. The van der Waals surface area contributed by atoms with Crippen molar-refractivity contribution in [2.45, 2.75) is 27.7 Å². The highest BCUT2D eigenvalue weighted by atomic mass is 16.5. The van der Waals surface area contributed by atoms with Gasteiger partial charge in [0.05, 0.1) is 0 Å². The predicted octanol–water partition coefficient (Wildman–Crippen LogP) is 5.19. The Balaban J connectivity index is 1.72. The number of hydrogen-bond donors (Lipinski definition) is 2. The summed E-state index contributed by atoms with van der Waals surface area (Å²) >= 11 is 0. The topological polar surface area (TPSA) is 71.2 Å². The van der Waals surface area contributed by atoms with Crippen molar-refractivity contribution in [3.63, 3.8) is 0 Å². The number of benzene rings is 2. The zero-order chi connectivity index (χ0) is 19.6. The normalized spacial score (nSPS) is 10.5. The average Bonchev–Trinajstić information content (AvgIpc) is 2.91. The minimum absolute atomic E-state index is 0.0575. The predicted molar refractivity (Wildman–Crippen MR) is 106 cm³/mol. The molecule has 3 aromatic rings. The lowest BCUT2D eigenvalue weighted by atomic mass is 10.1. The van der Waals surface area contributed by atoms with Gasteiger partial charge in [0.1, 0.15) is 17.2 Å². The third-order valence-corrected chi connectivity index (χ3v) is 4.35. The Morgan fingerprint density at radius 1 is 0.963 bits per heavy atom. The standard InChI is InChI=1S/C22H22N2O3/c1-13-6-5-7-19(12-13)27-18-10-8-17(9-11-18)24-22(26)21-14(2)20(16(4)25)15(3)23-21/h5-12,23H,1-4H3,(H,24,26). The summed E-state index contributed by atoms with van der Waals surface area (Å²) in [6.45, 7) is 7.07. The Morgan fingerprint density at radius 2 is 1.67 bits per heavy atom. The Kier molecular flexibility index (Phi) is 5.12. The van der Waals surface area contributed by atoms with E-state index in [4.69, 9.17) is 4.74 Å². The van der Waals surface area contributed by atoms with Crippen LogP contribution < -0.4 is 10.1 Å². The number of amides is 1. The molecule has 0 saturated heterocycles. The van der Waals surface area contributed by atoms with Crippen LogP contribution in [0.2, 0.25) is 0 Å². The van der Waals surface area contributed by atoms with Crippen molar-refractivity contribution in [2.75, 3.05) is 5.32 Å². The van der Waals surface area contributed by atoms with E-state index in [9.17, 15) is 9.59 Å². The molecule has 0 aliphatic rings. The molecule has 0 aliphatic heterocycles. The van der Waals surface area contributed by atoms with Crippen molar-refractivity contribution in [3.8, 4) is 11.5 Å². The molecule has 0 fully saturated rings. The molecule has 0 spiro atoms. The van der Waals surface area contributed by atoms with E-state index in [1.807, 2.05) is 31.2 Å². The number of ketones is 1. The summed E-state index contributed by atoms with van der Waals surface area (Å²) in [7, 11) is 0. The van der Waals surface area contributed by atoms with Crippen molar-refractivity contribution in [1.82, 2.24) is 4.98 Å². The number of rotatable bonds is 5. The molecular weight excluding hydrogens is 340 g/mol. The molecule has 0 unspecified atom stereocenters. The zero-order valence-electron chi connectivity index (χ0n) is 15.8. The molecular formula is C22H22N2O3. The van der Waals surface area contributed by atoms with Gasteiger partial charge in [0.2, 0.25) is 0 Å². The van der Waals surface area contributed by atoms with E-state index < -0.39 is 0 Å². The number of aryl methyl sites for hydroxylation is 2. The lowest BCUT2D eigenvalue weighted by molar-refractivity contribution is 0.101. The molecule has 5 heteroatoms. The number of ether oxygens (including phenoxy) is 1. The van der Waals surface area contributed by atoms with Crippen LogP contribution in [-0.2, 0) is 0 Å². The van der Waals surface area contributed by atoms with Crippen LogP contribution in [0.1, 0.15) is 44.6 Å². The molecule has 27 heavy (non-hydrogen) atoms. The summed E-state index contributed by atoms with van der Waals surface area (Å²) in [4.78, 5) is 27.3. The fourth-order valence-electron chi connectivity index (χ4n) is 3.12. The van der Waals surface area contributed by atoms with Crippen LogP contribution in [0.3, 0.4) is 0 Å². The highest BCUT2D eigenvalue weighted by molar-refractivity contribution is 6.07. The minimum atomic E-state index is -0.282. The summed E-state index contributed by atoms with van der Waals surface area (Å²) in [6.07, 6.45) is 0. The van der Waals surface area contributed by atoms with Gasteiger partial charge in [0.15, 0.2) is 5.78 Å². The number of nitrogens with one attached hydrogen (secondary N) is 2. The smallest absolute Gasteiger partial charge is 0.272 e. The van der Waals surface area contributed by atoms with Gasteiger partial charge in [-0.25, -0.2) is 0 Å². The van der Waals surface area contributed by atoms with E-state index in [1.165, 1.54) is 6.92 Å². The highest BCUT2D eigenvalue weighted by Crippen LogP contribution is 2.24. The molecule has 0 atom stereocenters. The molecule has 1 aromatic heterocycles. The van der Waals surface area contributed by atoms with Crippen molar-refractivity contribution >= 4 is 17.4 Å². The fourth-order valence-corrected chi connectivity index (χ4v) is 3.12. The van der Waals surface area contributed by atoms with Gasteiger partial charge in [0.25, 0.3) is 5.91 Å². The number of Topliss-reactive ketones (excluding diaryl/α,β-unsaturated/α-hetero) is 1. The summed E-state index contributed by atoms with van der Waals surface area (Å²) in [5, 5.41) is 2.84. The molecule has 138 valence electrons. The summed E-state index contributed by atoms with van der Waals surface area (Å²) in [6, 6.07) is 14.9. The lowest BCUT2D eigenvalue weighted by Crippen LogP contribution is -2.13. The van der Waals surface area contributed by atoms with Gasteiger partial charge in [-0.1, -0.05) is 12.1 Å². The maximum Gasteiger partial charge on any atom is 0.272 e. The lowest BCUT2D eigenvalue weighted by Gasteiger charge is -2.08. The maximum atomic E-state index is 12.6. The number of aromatic amines is 1. The van der Waals surface area contributed by atoms with E-state index in [0.717, 1.165) is 11.3 Å². The molecule has 2 N–H and O–H groups in total. The van der Waals surface area contributed by atoms with Crippen LogP contribution in [0.15, 0.2) is 48.5 Å². The Hall–Kier alpha value is -3.34. The quantitative estimate of drug-likeness (QED) is 0.614.